The van der Waals surface area contributed by atoms with Gasteiger partial charge in [0.2, 0.25) is 0 Å². The van der Waals surface area contributed by atoms with Crippen LogP contribution in [-0.4, -0.2) is 39.7 Å². The molecule has 122 valence electrons. The summed E-state index contributed by atoms with van der Waals surface area (Å²) in [6, 6.07) is 5.92. The molecule has 2 atom stereocenters. The fourth-order valence-corrected chi connectivity index (χ4v) is 3.33. The maximum absolute atomic E-state index is 12.5. The number of rotatable bonds is 4. The van der Waals surface area contributed by atoms with Gasteiger partial charge in [0.05, 0.1) is 16.8 Å². The Kier molecular flexibility index (Phi) is 3.90. The van der Waals surface area contributed by atoms with E-state index in [-0.39, 0.29) is 12.1 Å². The first-order valence-electron chi connectivity index (χ1n) is 7.79. The number of allylic oxidation sites excluding steroid dienone is 1. The van der Waals surface area contributed by atoms with Crippen LogP contribution in [0.25, 0.3) is 0 Å². The van der Waals surface area contributed by atoms with E-state index in [1.54, 1.807) is 0 Å². The van der Waals surface area contributed by atoms with E-state index >= 15 is 0 Å². The van der Waals surface area contributed by atoms with Crippen LogP contribution in [0.1, 0.15) is 28.4 Å². The number of nitrogens with one attached hydrogen (secondary N) is 2. The van der Waals surface area contributed by atoms with E-state index in [2.05, 4.69) is 22.8 Å². The van der Waals surface area contributed by atoms with Crippen LogP contribution in [0, 0.1) is 0 Å². The molecule has 5 nitrogen and oxygen atoms in total. The van der Waals surface area contributed by atoms with Crippen molar-refractivity contribution in [3.8, 4) is 0 Å². The predicted molar refractivity (Wildman–Crippen MR) is 91.6 cm³/mol. The Morgan fingerprint density at radius 3 is 2.65 bits per heavy atom. The molecule has 0 saturated carbocycles. The number of carbonyl (C=O) groups excluding carboxylic acids is 1. The molecule has 3 rings (SSSR count). The Morgan fingerprint density at radius 1 is 1.30 bits per heavy atom. The van der Waals surface area contributed by atoms with Gasteiger partial charge in [-0.05, 0) is 25.6 Å². The Bertz CT molecular complexity index is 694. The molecule has 1 aromatic rings. The lowest BCUT2D eigenvalue weighted by Crippen LogP contribution is -2.47. The van der Waals surface area contributed by atoms with Crippen molar-refractivity contribution in [3.63, 3.8) is 0 Å². The molecule has 0 bridgehead atoms. The second kappa shape index (κ2) is 5.74. The van der Waals surface area contributed by atoms with Crippen LogP contribution < -0.4 is 15.5 Å². The molecule has 1 aliphatic heterocycles. The number of nitrogens with zero attached hydrogens (tertiary/aromatic N) is 1. The van der Waals surface area contributed by atoms with E-state index in [1.807, 2.05) is 57.4 Å². The second-order valence-corrected chi connectivity index (χ2v) is 6.16. The minimum atomic E-state index is -0.424. The molecule has 1 aliphatic carbocycles. The van der Waals surface area contributed by atoms with Crippen LogP contribution in [0.5, 0.6) is 0 Å². The molecule has 0 radical (unpaired) electrons. The topological polar surface area (TPSA) is 53.6 Å². The number of hydrogen-bond donors (Lipinski definition) is 2. The zero-order chi connectivity index (χ0) is 16.6. The summed E-state index contributed by atoms with van der Waals surface area (Å²) < 4.78 is 5.80. The van der Waals surface area contributed by atoms with Crippen molar-refractivity contribution in [2.75, 3.05) is 33.1 Å². The number of cyclic esters (lactones) is 1. The Labute approximate surface area is 137 Å². The summed E-state index contributed by atoms with van der Waals surface area (Å²) in [7, 11) is 7.68. The highest BCUT2D eigenvalue weighted by Gasteiger charge is 2.46. The number of hydrogen-bond acceptors (Lipinski definition) is 5. The molecule has 5 heteroatoms. The van der Waals surface area contributed by atoms with Gasteiger partial charge in [-0.2, -0.15) is 0 Å². The Hall–Kier alpha value is -2.27. The lowest BCUT2D eigenvalue weighted by molar-refractivity contribution is 0.0194. The van der Waals surface area contributed by atoms with Gasteiger partial charge in [0.15, 0.2) is 6.10 Å². The highest BCUT2D eigenvalue weighted by Crippen LogP contribution is 2.44. The van der Waals surface area contributed by atoms with E-state index in [9.17, 15) is 4.79 Å². The number of ether oxygens (including phenoxy) is 1. The van der Waals surface area contributed by atoms with Gasteiger partial charge in [-0.1, -0.05) is 24.3 Å². The largest absolute Gasteiger partial charge is 0.451 e. The Balaban J connectivity index is 2.05. The summed E-state index contributed by atoms with van der Waals surface area (Å²) in [5, 5.41) is 6.50. The van der Waals surface area contributed by atoms with Gasteiger partial charge in [-0.3, -0.25) is 0 Å². The molecule has 1 heterocycles. The highest BCUT2D eigenvalue weighted by molar-refractivity contribution is 6.00. The minimum absolute atomic E-state index is 0.249. The van der Waals surface area contributed by atoms with E-state index in [0.29, 0.717) is 5.56 Å². The van der Waals surface area contributed by atoms with Gasteiger partial charge in [0, 0.05) is 32.4 Å². The highest BCUT2D eigenvalue weighted by atomic mass is 16.6. The second-order valence-electron chi connectivity index (χ2n) is 6.16. The monoisotopic (exact) mass is 313 g/mol. The van der Waals surface area contributed by atoms with Crippen LogP contribution in [0.4, 0.5) is 5.69 Å². The van der Waals surface area contributed by atoms with E-state index < -0.39 is 5.54 Å². The molecular weight excluding hydrogens is 290 g/mol. The average Bonchev–Trinajstić information content (AvgIpc) is 2.92. The van der Waals surface area contributed by atoms with E-state index in [1.165, 1.54) is 0 Å². The number of fused-ring (bicyclic) bond motifs is 1. The molecule has 0 fully saturated rings. The zero-order valence-corrected chi connectivity index (χ0v) is 14.0. The third kappa shape index (κ3) is 2.41. The quantitative estimate of drug-likeness (QED) is 0.833. The fourth-order valence-electron chi connectivity index (χ4n) is 3.33. The van der Waals surface area contributed by atoms with Crippen LogP contribution in [0.3, 0.4) is 0 Å². The number of likely N-dealkylation sites (N-methyl/N-ethyl adjacent to an activating group) is 2. The van der Waals surface area contributed by atoms with Crippen molar-refractivity contribution < 1.29 is 9.53 Å². The van der Waals surface area contributed by atoms with Crippen molar-refractivity contribution in [1.82, 2.24) is 10.6 Å². The van der Waals surface area contributed by atoms with Gasteiger partial charge in [-0.25, -0.2) is 4.79 Å². The molecule has 2 aliphatic rings. The van der Waals surface area contributed by atoms with Crippen LogP contribution in [-0.2, 0) is 4.74 Å². The molecule has 0 spiro atoms. The van der Waals surface area contributed by atoms with Crippen LogP contribution in [0.15, 0.2) is 42.1 Å². The zero-order valence-electron chi connectivity index (χ0n) is 14.0. The fraction of sp³-hybridized carbons (Fsp3) is 0.389. The van der Waals surface area contributed by atoms with E-state index in [4.69, 9.17) is 4.74 Å². The lowest BCUT2D eigenvalue weighted by atomic mass is 9.81. The van der Waals surface area contributed by atoms with E-state index in [0.717, 1.165) is 23.4 Å². The molecule has 1 aromatic carbocycles. The molecule has 2 unspecified atom stereocenters. The number of carbonyl (C=O) groups is 1. The van der Waals surface area contributed by atoms with Gasteiger partial charge < -0.3 is 20.3 Å². The van der Waals surface area contributed by atoms with Crippen molar-refractivity contribution in [2.24, 2.45) is 0 Å². The molecule has 0 amide bonds. The number of benzene rings is 1. The maximum atomic E-state index is 12.5. The van der Waals surface area contributed by atoms with Crippen LogP contribution >= 0.6 is 0 Å². The lowest BCUT2D eigenvalue weighted by Gasteiger charge is -2.36. The smallest absolute Gasteiger partial charge is 0.341 e. The first kappa shape index (κ1) is 15.6. The standard InChI is InChI=1S/C18H23N3O2/c1-19-12-8-10-18(20-2,11-9-12)16-13-6-5-7-14(21(3)4)15(13)17(22)23-16/h5-10,16,19-20H,11H2,1-4H3. The maximum Gasteiger partial charge on any atom is 0.341 e. The van der Waals surface area contributed by atoms with Gasteiger partial charge in [-0.15, -0.1) is 0 Å². The summed E-state index contributed by atoms with van der Waals surface area (Å²) in [4.78, 5) is 14.4. The summed E-state index contributed by atoms with van der Waals surface area (Å²) in [5.41, 5.74) is 3.16. The average molecular weight is 313 g/mol. The summed E-state index contributed by atoms with van der Waals surface area (Å²) >= 11 is 0. The SMILES string of the molecule is CNC1=CCC(NC)(C2OC(=O)c3c2cccc3N(C)C)C=C1. The minimum Gasteiger partial charge on any atom is -0.451 e. The van der Waals surface area contributed by atoms with Crippen molar-refractivity contribution in [2.45, 2.75) is 18.1 Å². The van der Waals surface area contributed by atoms with Crippen molar-refractivity contribution in [3.05, 3.63) is 53.3 Å². The molecule has 0 aromatic heterocycles. The summed E-state index contributed by atoms with van der Waals surface area (Å²) in [6.07, 6.45) is 6.66. The first-order chi connectivity index (χ1) is 11.0. The third-order valence-corrected chi connectivity index (χ3v) is 4.71. The predicted octanol–water partition coefficient (Wildman–Crippen LogP) is 1.99. The summed E-state index contributed by atoms with van der Waals surface area (Å²) in [6.45, 7) is 0. The van der Waals surface area contributed by atoms with Gasteiger partial charge in [0.1, 0.15) is 0 Å². The normalized spacial score (nSPS) is 25.7. The van der Waals surface area contributed by atoms with Gasteiger partial charge in [0.25, 0.3) is 0 Å². The number of esters is 1. The third-order valence-electron chi connectivity index (χ3n) is 4.71. The Morgan fingerprint density at radius 2 is 2.09 bits per heavy atom. The van der Waals surface area contributed by atoms with Crippen LogP contribution in [0.2, 0.25) is 0 Å². The molecular formula is C18H23N3O2. The molecule has 23 heavy (non-hydrogen) atoms. The summed E-state index contributed by atoms with van der Waals surface area (Å²) in [5.74, 6) is -0.249. The number of anilines is 1. The van der Waals surface area contributed by atoms with Crippen molar-refractivity contribution >= 4 is 11.7 Å². The van der Waals surface area contributed by atoms with Gasteiger partial charge >= 0.3 is 5.97 Å². The molecule has 2 N–H and O–H groups in total. The van der Waals surface area contributed by atoms with Crippen molar-refractivity contribution in [1.29, 1.82) is 0 Å². The molecule has 0 saturated heterocycles. The first-order valence-corrected chi connectivity index (χ1v) is 7.79.